The van der Waals surface area contributed by atoms with Crippen molar-refractivity contribution in [3.8, 4) is 0 Å². The highest BCUT2D eigenvalue weighted by Crippen LogP contribution is 2.40. The standard InChI is InChI=1S/C33H48N10O11S/c1-30(2,3)51-27(48)34-13-10-17(38-28(49)52-31(4,5)6)18-14-35-43(41-18)15-19-21(23(44)36-19)39-24(45)22(42-54-33(11-12-33)25(46)47)20-16-55-26(37-20)40-29(50)53-32(7,8)9/h14,16-17,19,21H,10-13,15H2,1-9H3,(H,34,48)(H,36,44)(H,38,49)(H,39,45)(H,46,47)(H,37,40,50)/t17-,19+,21-/m0/s1. The quantitative estimate of drug-likeness (QED) is 0.0695. The van der Waals surface area contributed by atoms with Crippen molar-refractivity contribution < 1.29 is 52.9 Å². The van der Waals surface area contributed by atoms with Crippen LogP contribution in [0.5, 0.6) is 0 Å². The second-order valence-electron chi connectivity index (χ2n) is 15.8. The van der Waals surface area contributed by atoms with E-state index in [2.05, 4.69) is 46.9 Å². The van der Waals surface area contributed by atoms with Crippen LogP contribution in [-0.2, 0) is 40.0 Å². The molecule has 2 aromatic rings. The second kappa shape index (κ2) is 16.4. The van der Waals surface area contributed by atoms with Crippen LogP contribution in [0.15, 0.2) is 16.7 Å². The average molecular weight is 793 g/mol. The number of nitrogens with one attached hydrogen (secondary N) is 5. The van der Waals surface area contributed by atoms with Gasteiger partial charge in [-0.15, -0.1) is 11.3 Å². The predicted octanol–water partition coefficient (Wildman–Crippen LogP) is 2.58. The lowest BCUT2D eigenvalue weighted by Crippen LogP contribution is -2.70. The molecular weight excluding hydrogens is 744 g/mol. The number of β-lactam (4-membered cyclic amide) rings is 1. The summed E-state index contributed by atoms with van der Waals surface area (Å²) < 4.78 is 15.9. The van der Waals surface area contributed by atoms with Crippen LogP contribution in [0.2, 0.25) is 0 Å². The first kappa shape index (κ1) is 42.2. The topological polar surface area (TPSA) is 276 Å². The van der Waals surface area contributed by atoms with E-state index >= 15 is 0 Å². The fraction of sp³-hybridized carbons (Fsp3) is 0.636. The fourth-order valence-electron chi connectivity index (χ4n) is 4.71. The monoisotopic (exact) mass is 792 g/mol. The number of aliphatic carboxylic acids is 1. The number of anilines is 1. The molecule has 4 rings (SSSR count). The number of alkyl carbamates (subject to hydrolysis) is 2. The lowest BCUT2D eigenvalue weighted by atomic mass is 9.98. The first-order valence-corrected chi connectivity index (χ1v) is 18.2. The van der Waals surface area contributed by atoms with Crippen LogP contribution >= 0.6 is 11.3 Å². The van der Waals surface area contributed by atoms with Gasteiger partial charge >= 0.3 is 24.2 Å². The number of nitrogens with zero attached hydrogens (tertiary/aromatic N) is 5. The number of ether oxygens (including phenoxy) is 3. The Morgan fingerprint density at radius 3 is 2.20 bits per heavy atom. The Morgan fingerprint density at radius 1 is 1.00 bits per heavy atom. The second-order valence-corrected chi connectivity index (χ2v) is 16.7. The molecule has 2 fully saturated rings. The maximum Gasteiger partial charge on any atom is 0.413 e. The van der Waals surface area contributed by atoms with Gasteiger partial charge in [0.2, 0.25) is 11.5 Å². The molecular formula is C33H48N10O11S. The van der Waals surface area contributed by atoms with Crippen molar-refractivity contribution in [2.45, 2.75) is 129 Å². The van der Waals surface area contributed by atoms with Gasteiger partial charge in [-0.25, -0.2) is 24.2 Å². The van der Waals surface area contributed by atoms with Crippen LogP contribution in [-0.4, -0.2) is 108 Å². The molecule has 0 unspecified atom stereocenters. The summed E-state index contributed by atoms with van der Waals surface area (Å²) in [5.74, 6) is -2.69. The number of hydrogen-bond donors (Lipinski definition) is 6. The zero-order chi connectivity index (χ0) is 40.9. The summed E-state index contributed by atoms with van der Waals surface area (Å²) in [7, 11) is 0. The third kappa shape index (κ3) is 12.8. The number of carboxylic acids is 1. The first-order chi connectivity index (χ1) is 25.4. The number of carbonyl (C=O) groups excluding carboxylic acids is 5. The van der Waals surface area contributed by atoms with E-state index in [9.17, 15) is 33.9 Å². The molecule has 0 radical (unpaired) electrons. The van der Waals surface area contributed by atoms with Crippen molar-refractivity contribution >= 4 is 58.2 Å². The molecule has 22 heteroatoms. The van der Waals surface area contributed by atoms with E-state index in [4.69, 9.17) is 19.0 Å². The van der Waals surface area contributed by atoms with Crippen LogP contribution in [0.1, 0.15) is 99.0 Å². The van der Waals surface area contributed by atoms with E-state index in [1.807, 2.05) is 0 Å². The van der Waals surface area contributed by atoms with Crippen molar-refractivity contribution in [1.29, 1.82) is 0 Å². The summed E-state index contributed by atoms with van der Waals surface area (Å²) >= 11 is 0.949. The Hall–Kier alpha value is -5.54. The Kier molecular flexibility index (Phi) is 12.6. The molecule has 2 aliphatic rings. The van der Waals surface area contributed by atoms with Crippen LogP contribution in [0, 0.1) is 0 Å². The molecule has 6 N–H and O–H groups in total. The third-order valence-electron chi connectivity index (χ3n) is 7.34. The Labute approximate surface area is 320 Å². The lowest BCUT2D eigenvalue weighted by Gasteiger charge is -2.36. The largest absolute Gasteiger partial charge is 0.478 e. The van der Waals surface area contributed by atoms with E-state index in [1.165, 1.54) is 16.4 Å². The number of rotatable bonds is 14. The van der Waals surface area contributed by atoms with Gasteiger partial charge in [0, 0.05) is 24.8 Å². The summed E-state index contributed by atoms with van der Waals surface area (Å²) in [4.78, 5) is 86.0. The number of aromatic nitrogens is 4. The minimum absolute atomic E-state index is 0.0161. The molecule has 21 nitrogen and oxygen atoms in total. The molecule has 302 valence electrons. The van der Waals surface area contributed by atoms with Crippen LogP contribution in [0.3, 0.4) is 0 Å². The van der Waals surface area contributed by atoms with Gasteiger partial charge in [0.1, 0.15) is 34.2 Å². The SMILES string of the molecule is CC(C)(C)OC(=O)NCC[C@H](NC(=O)OC(C)(C)C)c1cnn(C[C@H]2NC(=O)[C@H]2NC(=O)C(=NOC2(C(=O)O)CC2)c2csc(NC(=O)OC(C)(C)C)n2)n1. The van der Waals surface area contributed by atoms with E-state index in [0.717, 1.165) is 11.3 Å². The summed E-state index contributed by atoms with van der Waals surface area (Å²) in [5, 5.41) is 36.7. The highest BCUT2D eigenvalue weighted by molar-refractivity contribution is 7.14. The van der Waals surface area contributed by atoms with Gasteiger partial charge in [0.05, 0.1) is 24.8 Å². The maximum absolute atomic E-state index is 13.6. The van der Waals surface area contributed by atoms with E-state index in [0.29, 0.717) is 5.69 Å². The van der Waals surface area contributed by atoms with Gasteiger partial charge in [0.15, 0.2) is 10.8 Å². The molecule has 3 atom stereocenters. The first-order valence-electron chi connectivity index (χ1n) is 17.3. The molecule has 1 aliphatic heterocycles. The maximum atomic E-state index is 13.6. The Bertz CT molecular complexity index is 1800. The summed E-state index contributed by atoms with van der Waals surface area (Å²) in [6.07, 6.45) is -0.204. The molecule has 55 heavy (non-hydrogen) atoms. The zero-order valence-electron chi connectivity index (χ0n) is 32.1. The Balaban J connectivity index is 1.46. The molecule has 1 saturated heterocycles. The minimum Gasteiger partial charge on any atom is -0.478 e. The van der Waals surface area contributed by atoms with E-state index in [1.54, 1.807) is 62.3 Å². The zero-order valence-corrected chi connectivity index (χ0v) is 32.9. The smallest absolute Gasteiger partial charge is 0.413 e. The van der Waals surface area contributed by atoms with Gasteiger partial charge in [-0.2, -0.15) is 15.0 Å². The van der Waals surface area contributed by atoms with Crippen molar-refractivity contribution in [1.82, 2.24) is 41.2 Å². The third-order valence-corrected chi connectivity index (χ3v) is 8.10. The van der Waals surface area contributed by atoms with E-state index < -0.39 is 82.3 Å². The van der Waals surface area contributed by atoms with E-state index in [-0.39, 0.29) is 43.2 Å². The predicted molar refractivity (Wildman–Crippen MR) is 194 cm³/mol. The van der Waals surface area contributed by atoms with Crippen LogP contribution in [0.4, 0.5) is 19.5 Å². The summed E-state index contributed by atoms with van der Waals surface area (Å²) in [6.45, 7) is 15.5. The molecule has 1 saturated carbocycles. The number of amides is 5. The highest BCUT2D eigenvalue weighted by atomic mass is 32.1. The Morgan fingerprint density at radius 2 is 1.62 bits per heavy atom. The van der Waals surface area contributed by atoms with Crippen molar-refractivity contribution in [3.05, 3.63) is 23.0 Å². The number of carboxylic acid groups (broad SMARTS) is 1. The average Bonchev–Trinajstić information content (AvgIpc) is 3.44. The van der Waals surface area contributed by atoms with Gasteiger partial charge < -0.3 is 45.4 Å². The minimum atomic E-state index is -1.60. The van der Waals surface area contributed by atoms with Gasteiger partial charge in [0.25, 0.3) is 5.91 Å². The number of hydrogen-bond acceptors (Lipinski definition) is 15. The van der Waals surface area contributed by atoms with Gasteiger partial charge in [-0.3, -0.25) is 14.9 Å². The molecule has 1 aliphatic carbocycles. The number of thiazole rings is 1. The molecule has 0 bridgehead atoms. The molecule has 3 heterocycles. The summed E-state index contributed by atoms with van der Waals surface area (Å²) in [6, 6.07) is -2.57. The number of oxime groups is 1. The summed E-state index contributed by atoms with van der Waals surface area (Å²) in [5.41, 5.74) is -4.05. The van der Waals surface area contributed by atoms with Gasteiger partial charge in [-0.1, -0.05) is 5.16 Å². The van der Waals surface area contributed by atoms with Crippen molar-refractivity contribution in [3.63, 3.8) is 0 Å². The van der Waals surface area contributed by atoms with Crippen LogP contribution < -0.4 is 26.6 Å². The molecule has 2 aromatic heterocycles. The molecule has 5 amide bonds. The van der Waals surface area contributed by atoms with Crippen LogP contribution in [0.25, 0.3) is 0 Å². The fourth-order valence-corrected chi connectivity index (χ4v) is 5.39. The number of carbonyl (C=O) groups is 6. The normalized spacial score (nSPS) is 18.4. The van der Waals surface area contributed by atoms with Gasteiger partial charge in [-0.05, 0) is 68.7 Å². The van der Waals surface area contributed by atoms with Crippen molar-refractivity contribution in [2.24, 2.45) is 5.16 Å². The molecule has 0 spiro atoms. The molecule has 0 aromatic carbocycles. The lowest BCUT2D eigenvalue weighted by molar-refractivity contribution is -0.153. The van der Waals surface area contributed by atoms with Crippen molar-refractivity contribution in [2.75, 3.05) is 11.9 Å². The highest BCUT2D eigenvalue weighted by Gasteiger charge is 2.55.